The average Bonchev–Trinajstić information content (AvgIpc) is 2.53. The molecule has 0 aliphatic rings. The first-order valence-corrected chi connectivity index (χ1v) is 8.00. The highest BCUT2D eigenvalue weighted by Gasteiger charge is 2.08. The summed E-state index contributed by atoms with van der Waals surface area (Å²) in [5, 5.41) is 13.8. The van der Waals surface area contributed by atoms with Crippen molar-refractivity contribution < 1.29 is 14.6 Å². The highest BCUT2D eigenvalue weighted by Crippen LogP contribution is 2.32. The Morgan fingerprint density at radius 1 is 1.48 bits per heavy atom. The van der Waals surface area contributed by atoms with Crippen LogP contribution in [0.25, 0.3) is 0 Å². The number of hydrogen-bond donors (Lipinski definition) is 2. The van der Waals surface area contributed by atoms with E-state index in [1.807, 2.05) is 36.4 Å². The van der Waals surface area contributed by atoms with Crippen molar-refractivity contribution in [2.24, 2.45) is 5.10 Å². The molecule has 0 bridgehead atoms. The number of nitrogens with zero attached hydrogens (tertiary/aromatic N) is 2. The molecule has 0 atom stereocenters. The van der Waals surface area contributed by atoms with Gasteiger partial charge in [-0.25, -0.2) is 5.43 Å². The molecular weight excluding hydrogens is 409 g/mol. The van der Waals surface area contributed by atoms with E-state index >= 15 is 0 Å². The van der Waals surface area contributed by atoms with Gasteiger partial charge in [0, 0.05) is 11.9 Å². The first-order chi connectivity index (χ1) is 11.0. The molecule has 7 heteroatoms. The SMILES string of the molecule is CCOc1cc(/C=N/NC(=O)c2ccc(C)nc2)cc(I)c1O. The zero-order valence-corrected chi connectivity index (χ0v) is 14.9. The van der Waals surface area contributed by atoms with Gasteiger partial charge in [0.05, 0.1) is 22.0 Å². The smallest absolute Gasteiger partial charge is 0.272 e. The number of carbonyl (C=O) groups excluding carboxylic acids is 1. The van der Waals surface area contributed by atoms with Crippen LogP contribution in [0, 0.1) is 10.5 Å². The van der Waals surface area contributed by atoms with E-state index in [0.717, 1.165) is 5.69 Å². The number of aryl methyl sites for hydroxylation is 1. The van der Waals surface area contributed by atoms with Gasteiger partial charge in [-0.2, -0.15) is 5.10 Å². The normalized spacial score (nSPS) is 10.7. The van der Waals surface area contributed by atoms with Gasteiger partial charge >= 0.3 is 0 Å². The average molecular weight is 425 g/mol. The summed E-state index contributed by atoms with van der Waals surface area (Å²) in [5.41, 5.74) is 4.42. The van der Waals surface area contributed by atoms with Crippen molar-refractivity contribution in [3.63, 3.8) is 0 Å². The number of aromatic nitrogens is 1. The van der Waals surface area contributed by atoms with E-state index in [9.17, 15) is 9.90 Å². The molecule has 0 aliphatic heterocycles. The van der Waals surface area contributed by atoms with Crippen molar-refractivity contribution in [2.45, 2.75) is 13.8 Å². The van der Waals surface area contributed by atoms with Gasteiger partial charge in [-0.1, -0.05) is 0 Å². The number of nitrogens with one attached hydrogen (secondary N) is 1. The fraction of sp³-hybridized carbons (Fsp3) is 0.188. The first kappa shape index (κ1) is 17.2. The summed E-state index contributed by atoms with van der Waals surface area (Å²) >= 11 is 2.01. The van der Waals surface area contributed by atoms with Crippen LogP contribution in [-0.2, 0) is 0 Å². The molecule has 0 saturated heterocycles. The molecule has 0 aliphatic carbocycles. The minimum atomic E-state index is -0.341. The van der Waals surface area contributed by atoms with Crippen LogP contribution in [0.15, 0.2) is 35.6 Å². The predicted molar refractivity (Wildman–Crippen MR) is 96.0 cm³/mol. The summed E-state index contributed by atoms with van der Waals surface area (Å²) in [7, 11) is 0. The van der Waals surface area contributed by atoms with Gasteiger partial charge in [-0.3, -0.25) is 9.78 Å². The lowest BCUT2D eigenvalue weighted by molar-refractivity contribution is 0.0955. The lowest BCUT2D eigenvalue weighted by atomic mass is 10.2. The van der Waals surface area contributed by atoms with Crippen LogP contribution in [-0.4, -0.2) is 28.8 Å². The van der Waals surface area contributed by atoms with Crippen molar-refractivity contribution in [2.75, 3.05) is 6.61 Å². The number of benzene rings is 1. The topological polar surface area (TPSA) is 83.8 Å². The van der Waals surface area contributed by atoms with Gasteiger partial charge in [0.1, 0.15) is 0 Å². The molecular formula is C16H16IN3O3. The first-order valence-electron chi connectivity index (χ1n) is 6.92. The number of hydrogen-bond acceptors (Lipinski definition) is 5. The third-order valence-electron chi connectivity index (χ3n) is 2.90. The molecule has 2 rings (SSSR count). The van der Waals surface area contributed by atoms with E-state index in [1.54, 1.807) is 24.3 Å². The number of hydrazone groups is 1. The number of phenolic OH excluding ortho intramolecular Hbond substituents is 1. The molecule has 0 unspecified atom stereocenters. The number of carbonyl (C=O) groups is 1. The zero-order valence-electron chi connectivity index (χ0n) is 12.7. The zero-order chi connectivity index (χ0) is 16.8. The Balaban J connectivity index is 2.08. The van der Waals surface area contributed by atoms with Gasteiger partial charge in [0.2, 0.25) is 0 Å². The lowest BCUT2D eigenvalue weighted by Crippen LogP contribution is -2.17. The van der Waals surface area contributed by atoms with Crippen molar-refractivity contribution in [1.29, 1.82) is 0 Å². The van der Waals surface area contributed by atoms with Gasteiger partial charge in [0.15, 0.2) is 11.5 Å². The van der Waals surface area contributed by atoms with E-state index in [1.165, 1.54) is 12.4 Å². The molecule has 2 N–H and O–H groups in total. The van der Waals surface area contributed by atoms with Crippen molar-refractivity contribution in [3.8, 4) is 11.5 Å². The summed E-state index contributed by atoms with van der Waals surface area (Å²) in [6, 6.07) is 6.84. The Hall–Kier alpha value is -2.16. The van der Waals surface area contributed by atoms with Gasteiger partial charge in [-0.15, -0.1) is 0 Å². The van der Waals surface area contributed by atoms with Gasteiger partial charge in [-0.05, 0) is 66.3 Å². The van der Waals surface area contributed by atoms with Crippen molar-refractivity contribution in [1.82, 2.24) is 10.4 Å². The quantitative estimate of drug-likeness (QED) is 0.439. The third kappa shape index (κ3) is 4.65. The van der Waals surface area contributed by atoms with Crippen LogP contribution < -0.4 is 10.2 Å². The van der Waals surface area contributed by atoms with Crippen LogP contribution in [0.1, 0.15) is 28.5 Å². The molecule has 6 nitrogen and oxygen atoms in total. The molecule has 0 saturated carbocycles. The molecule has 120 valence electrons. The minimum Gasteiger partial charge on any atom is -0.504 e. The van der Waals surface area contributed by atoms with E-state index < -0.39 is 0 Å². The number of amides is 1. The van der Waals surface area contributed by atoms with Crippen LogP contribution >= 0.6 is 22.6 Å². The molecule has 0 fully saturated rings. The molecule has 1 aromatic carbocycles. The maximum Gasteiger partial charge on any atom is 0.272 e. The Labute approximate surface area is 147 Å². The van der Waals surface area contributed by atoms with Gasteiger partial charge < -0.3 is 9.84 Å². The largest absolute Gasteiger partial charge is 0.504 e. The van der Waals surface area contributed by atoms with Crippen LogP contribution in [0.5, 0.6) is 11.5 Å². The van der Waals surface area contributed by atoms with Gasteiger partial charge in [0.25, 0.3) is 5.91 Å². The van der Waals surface area contributed by atoms with E-state index in [-0.39, 0.29) is 11.7 Å². The molecule has 0 radical (unpaired) electrons. The number of halogens is 1. The Morgan fingerprint density at radius 3 is 2.91 bits per heavy atom. The van der Waals surface area contributed by atoms with Crippen LogP contribution in [0.4, 0.5) is 0 Å². The molecule has 2 aromatic rings. The van der Waals surface area contributed by atoms with Crippen LogP contribution in [0.3, 0.4) is 0 Å². The molecule has 1 amide bonds. The second kappa shape index (κ2) is 7.91. The second-order valence-electron chi connectivity index (χ2n) is 4.67. The molecule has 1 heterocycles. The van der Waals surface area contributed by atoms with E-state index in [2.05, 4.69) is 15.5 Å². The van der Waals surface area contributed by atoms with Crippen molar-refractivity contribution in [3.05, 3.63) is 50.9 Å². The summed E-state index contributed by atoms with van der Waals surface area (Å²) in [5.74, 6) is 0.140. The molecule has 0 spiro atoms. The number of aromatic hydroxyl groups is 1. The maximum absolute atomic E-state index is 11.9. The Bertz CT molecular complexity index is 730. The highest BCUT2D eigenvalue weighted by molar-refractivity contribution is 14.1. The Kier molecular flexibility index (Phi) is 5.91. The lowest BCUT2D eigenvalue weighted by Gasteiger charge is -2.08. The molecule has 23 heavy (non-hydrogen) atoms. The van der Waals surface area contributed by atoms with E-state index in [0.29, 0.717) is 27.1 Å². The maximum atomic E-state index is 11.9. The number of phenols is 1. The summed E-state index contributed by atoms with van der Waals surface area (Å²) in [6.45, 7) is 4.13. The van der Waals surface area contributed by atoms with Crippen molar-refractivity contribution >= 4 is 34.7 Å². The summed E-state index contributed by atoms with van der Waals surface area (Å²) in [6.07, 6.45) is 2.99. The highest BCUT2D eigenvalue weighted by atomic mass is 127. The van der Waals surface area contributed by atoms with Crippen LogP contribution in [0.2, 0.25) is 0 Å². The molecule has 1 aromatic heterocycles. The fourth-order valence-electron chi connectivity index (χ4n) is 1.77. The monoisotopic (exact) mass is 425 g/mol. The second-order valence-corrected chi connectivity index (χ2v) is 5.83. The minimum absolute atomic E-state index is 0.0966. The Morgan fingerprint density at radius 2 is 2.26 bits per heavy atom. The standard InChI is InChI=1S/C16H16IN3O3/c1-3-23-14-7-11(6-13(17)15(14)21)8-19-20-16(22)12-5-4-10(2)18-9-12/h4-9,21H,3H2,1-2H3,(H,20,22)/b19-8+. The number of pyridine rings is 1. The summed E-state index contributed by atoms with van der Waals surface area (Å²) < 4.78 is 6.00. The number of rotatable bonds is 5. The third-order valence-corrected chi connectivity index (χ3v) is 3.73. The summed E-state index contributed by atoms with van der Waals surface area (Å²) in [4.78, 5) is 16.0. The number of ether oxygens (including phenoxy) is 1. The predicted octanol–water partition coefficient (Wildman–Crippen LogP) is 2.86. The van der Waals surface area contributed by atoms with E-state index in [4.69, 9.17) is 4.74 Å². The fourth-order valence-corrected chi connectivity index (χ4v) is 2.39.